The second-order valence-electron chi connectivity index (χ2n) is 5.92. The van der Waals surface area contributed by atoms with Crippen LogP contribution in [0, 0.1) is 0 Å². The van der Waals surface area contributed by atoms with E-state index in [4.69, 9.17) is 31.0 Å². The molecule has 6 atom stereocenters. The third kappa shape index (κ3) is 5.93. The summed E-state index contributed by atoms with van der Waals surface area (Å²) in [6.07, 6.45) is -3.71. The van der Waals surface area contributed by atoms with Gasteiger partial charge in [0, 0.05) is 0 Å². The Hall–Kier alpha value is -0.870. The van der Waals surface area contributed by atoms with Crippen molar-refractivity contribution < 1.29 is 61.4 Å². The minimum atomic E-state index is -5.70. The predicted octanol–water partition coefficient (Wildman–Crippen LogP) is -0.558. The van der Waals surface area contributed by atoms with Crippen LogP contribution in [0.25, 0.3) is 11.2 Å². The lowest BCUT2D eigenvalue weighted by Crippen LogP contribution is -2.33. The van der Waals surface area contributed by atoms with Gasteiger partial charge in [-0.1, -0.05) is 11.6 Å². The molecule has 0 aliphatic carbocycles. The lowest BCUT2D eigenvalue weighted by molar-refractivity contribution is -0.0503. The first-order valence-corrected chi connectivity index (χ1v) is 12.7. The molecule has 0 radical (unpaired) electrons. The zero-order chi connectivity index (χ0) is 23.2. The number of imidazole rings is 1. The summed E-state index contributed by atoms with van der Waals surface area (Å²) in [6, 6.07) is 0. The summed E-state index contributed by atoms with van der Waals surface area (Å²) in [4.78, 5) is 47.2. The Balaban J connectivity index is 1.69. The topological polar surface area (TPSA) is 253 Å². The summed E-state index contributed by atoms with van der Waals surface area (Å²) in [6.45, 7) is -0.958. The molecule has 0 aromatic carbocycles. The molecule has 3 unspecified atom stereocenters. The fraction of sp³-hybridized carbons (Fsp3) is 0.500. The minimum absolute atomic E-state index is 0.0148. The van der Waals surface area contributed by atoms with E-state index in [1.54, 1.807) is 0 Å². The van der Waals surface area contributed by atoms with Crippen LogP contribution in [-0.4, -0.2) is 74.2 Å². The van der Waals surface area contributed by atoms with Gasteiger partial charge in [-0.3, -0.25) is 9.09 Å². The molecule has 1 aliphatic rings. The van der Waals surface area contributed by atoms with E-state index in [2.05, 4.69) is 28.1 Å². The van der Waals surface area contributed by atoms with Crippen LogP contribution < -0.4 is 0 Å². The van der Waals surface area contributed by atoms with Crippen LogP contribution in [0.2, 0.25) is 5.15 Å². The molecule has 1 fully saturated rings. The molecule has 0 spiro atoms. The highest BCUT2D eigenvalue weighted by Crippen LogP contribution is 2.66. The molecule has 1 saturated heterocycles. The number of rotatable bonds is 8. The van der Waals surface area contributed by atoms with Crippen LogP contribution in [-0.2, 0) is 31.6 Å². The number of halogens is 1. The van der Waals surface area contributed by atoms with E-state index < -0.39 is 54.6 Å². The van der Waals surface area contributed by atoms with Crippen LogP contribution in [0.3, 0.4) is 0 Å². The molecule has 1 aliphatic heterocycles. The van der Waals surface area contributed by atoms with Gasteiger partial charge in [0.15, 0.2) is 17.0 Å². The van der Waals surface area contributed by atoms with Crippen molar-refractivity contribution in [1.82, 2.24) is 19.5 Å². The quantitative estimate of drug-likeness (QED) is 0.186. The van der Waals surface area contributed by atoms with E-state index in [-0.39, 0.29) is 16.3 Å². The molecular formula is C10H14ClN4O13P3. The largest absolute Gasteiger partial charge is 0.490 e. The number of hydrogen-bond donors (Lipinski definition) is 6. The Morgan fingerprint density at radius 3 is 2.35 bits per heavy atom. The number of phosphoric ester groups is 1. The molecule has 21 heteroatoms. The summed E-state index contributed by atoms with van der Waals surface area (Å²) in [5.41, 5.74) is 0.316. The lowest BCUT2D eigenvalue weighted by atomic mass is 10.1. The number of fused-ring (bicyclic) bond motifs is 1. The number of nitrogens with zero attached hydrogens (tertiary/aromatic N) is 4. The van der Waals surface area contributed by atoms with E-state index in [1.165, 1.54) is 10.9 Å². The van der Waals surface area contributed by atoms with E-state index in [0.717, 1.165) is 6.33 Å². The third-order valence-corrected chi connectivity index (χ3v) is 7.82. The van der Waals surface area contributed by atoms with Crippen LogP contribution in [0.15, 0.2) is 12.7 Å². The Morgan fingerprint density at radius 2 is 1.71 bits per heavy atom. The highest BCUT2D eigenvalue weighted by Gasteiger charge is 2.47. The number of aliphatic hydroxyl groups is 2. The summed E-state index contributed by atoms with van der Waals surface area (Å²) in [5, 5.41) is 20.4. The molecule has 174 valence electrons. The van der Waals surface area contributed by atoms with Crippen molar-refractivity contribution in [3.8, 4) is 0 Å². The number of aliphatic hydroxyl groups excluding tert-OH is 2. The first-order valence-electron chi connectivity index (χ1n) is 7.82. The maximum Gasteiger partial charge on any atom is 0.490 e. The van der Waals surface area contributed by atoms with Gasteiger partial charge in [0.2, 0.25) is 0 Å². The summed E-state index contributed by atoms with van der Waals surface area (Å²) < 4.78 is 51.9. The monoisotopic (exact) mass is 526 g/mol. The standard InChI is InChI=1S/C10H14ClN4O13P3/c11-8-5-9(13-2-12-8)15(3-14-5)10-7(17)6(16)4(26-10)1-25-30(21,22)28-31(23,24)27-29(18,19)20/h2-4,6-7,10,16-17H,1H2,(H,21,22)(H,23,24)(H2,18,19,20)/t4-,6?,7+,10-/m1/s1. The Morgan fingerprint density at radius 1 is 1.03 bits per heavy atom. The second-order valence-corrected chi connectivity index (χ2v) is 10.7. The van der Waals surface area contributed by atoms with Crippen LogP contribution in [0.5, 0.6) is 0 Å². The first-order chi connectivity index (χ1) is 14.2. The predicted molar refractivity (Wildman–Crippen MR) is 96.1 cm³/mol. The average Bonchev–Trinajstić information content (AvgIpc) is 3.13. The molecule has 3 heterocycles. The number of ether oxygens (including phenoxy) is 1. The second kappa shape index (κ2) is 8.82. The van der Waals surface area contributed by atoms with Gasteiger partial charge in [0.25, 0.3) is 0 Å². The van der Waals surface area contributed by atoms with Crippen LogP contribution in [0.4, 0.5) is 0 Å². The Bertz CT molecular complexity index is 1110. The zero-order valence-electron chi connectivity index (χ0n) is 14.7. The van der Waals surface area contributed by atoms with E-state index in [0.29, 0.717) is 0 Å². The fourth-order valence-corrected chi connectivity index (χ4v) is 5.78. The maximum absolute atomic E-state index is 11.8. The molecule has 0 amide bonds. The molecule has 2 aromatic heterocycles. The molecule has 2 aromatic rings. The fourth-order valence-electron chi connectivity index (χ4n) is 2.58. The molecule has 17 nitrogen and oxygen atoms in total. The Kier molecular flexibility index (Phi) is 7.04. The summed E-state index contributed by atoms with van der Waals surface area (Å²) >= 11 is 5.89. The lowest BCUT2D eigenvalue weighted by Gasteiger charge is -2.19. The van der Waals surface area contributed by atoms with Gasteiger partial charge in [-0.2, -0.15) is 8.62 Å². The summed E-state index contributed by atoms with van der Waals surface area (Å²) in [5.74, 6) is 0. The molecule has 6 N–H and O–H groups in total. The van der Waals surface area contributed by atoms with Gasteiger partial charge in [-0.15, -0.1) is 0 Å². The van der Waals surface area contributed by atoms with Gasteiger partial charge in [0.1, 0.15) is 30.2 Å². The molecule has 0 saturated carbocycles. The smallest absolute Gasteiger partial charge is 0.387 e. The Labute approximate surface area is 176 Å². The third-order valence-electron chi connectivity index (χ3n) is 3.74. The molecule has 3 rings (SSSR count). The van der Waals surface area contributed by atoms with Crippen LogP contribution in [0.1, 0.15) is 6.23 Å². The molecule has 0 bridgehead atoms. The van der Waals surface area contributed by atoms with Crippen molar-refractivity contribution in [3.05, 3.63) is 17.8 Å². The van der Waals surface area contributed by atoms with Gasteiger partial charge in [0.05, 0.1) is 12.9 Å². The maximum atomic E-state index is 11.8. The van der Waals surface area contributed by atoms with Crippen molar-refractivity contribution in [1.29, 1.82) is 0 Å². The zero-order valence-corrected chi connectivity index (χ0v) is 18.2. The number of phosphoric acid groups is 3. The van der Waals surface area contributed by atoms with Crippen molar-refractivity contribution in [3.63, 3.8) is 0 Å². The van der Waals surface area contributed by atoms with Crippen molar-refractivity contribution in [2.75, 3.05) is 6.61 Å². The van der Waals surface area contributed by atoms with Crippen molar-refractivity contribution in [2.45, 2.75) is 24.5 Å². The van der Waals surface area contributed by atoms with Crippen molar-refractivity contribution >= 4 is 46.2 Å². The highest BCUT2D eigenvalue weighted by molar-refractivity contribution is 7.66. The molecular weight excluding hydrogens is 513 g/mol. The SMILES string of the molecule is O=P(O)(O)OP(=O)(O)OP(=O)(O)OC[C@H]1O[C@@H](n2cnc3c(Cl)ncnc32)[C@@H](O)C1O. The van der Waals surface area contributed by atoms with Crippen molar-refractivity contribution in [2.24, 2.45) is 0 Å². The van der Waals surface area contributed by atoms with E-state index >= 15 is 0 Å². The van der Waals surface area contributed by atoms with E-state index in [1.807, 2.05) is 0 Å². The van der Waals surface area contributed by atoms with Crippen LogP contribution >= 0.6 is 35.1 Å². The number of aromatic nitrogens is 4. The minimum Gasteiger partial charge on any atom is -0.387 e. The first kappa shape index (κ1) is 24.8. The molecule has 31 heavy (non-hydrogen) atoms. The summed E-state index contributed by atoms with van der Waals surface area (Å²) in [7, 11) is -16.7. The van der Waals surface area contributed by atoms with Gasteiger partial charge >= 0.3 is 23.5 Å². The van der Waals surface area contributed by atoms with Gasteiger partial charge < -0.3 is 34.5 Å². The number of hydrogen-bond acceptors (Lipinski definition) is 12. The van der Waals surface area contributed by atoms with E-state index in [9.17, 15) is 28.8 Å². The highest BCUT2D eigenvalue weighted by atomic mass is 35.5. The van der Waals surface area contributed by atoms with Gasteiger partial charge in [-0.25, -0.2) is 28.6 Å². The average molecular weight is 527 g/mol. The van der Waals surface area contributed by atoms with Gasteiger partial charge in [-0.05, 0) is 0 Å². The normalized spacial score (nSPS) is 28.5.